The Labute approximate surface area is 106 Å². The molecule has 0 saturated carbocycles. The van der Waals surface area contributed by atoms with Crippen molar-refractivity contribution in [2.75, 3.05) is 6.61 Å². The summed E-state index contributed by atoms with van der Waals surface area (Å²) in [6.07, 6.45) is -3.01. The number of halogens is 3. The first-order valence-electron chi connectivity index (χ1n) is 5.24. The number of non-ortho nitro benzene ring substituents is 1. The van der Waals surface area contributed by atoms with Gasteiger partial charge in [0.05, 0.1) is 11.5 Å². The fraction of sp³-hybridized carbons (Fsp3) is 0.364. The molecular weight excluding hydrogens is 267 g/mol. The van der Waals surface area contributed by atoms with Gasteiger partial charge in [0.15, 0.2) is 6.17 Å². The van der Waals surface area contributed by atoms with Crippen LogP contribution in [0, 0.1) is 10.1 Å². The van der Waals surface area contributed by atoms with Crippen molar-refractivity contribution in [1.82, 2.24) is 0 Å². The molecule has 0 heterocycles. The Morgan fingerprint density at radius 1 is 1.53 bits per heavy atom. The average molecular weight is 277 g/mol. The number of hydrogen-bond acceptors (Lipinski definition) is 4. The molecule has 8 heteroatoms. The lowest BCUT2D eigenvalue weighted by atomic mass is 10.0. The van der Waals surface area contributed by atoms with Gasteiger partial charge in [-0.1, -0.05) is 12.1 Å². The Bertz CT molecular complexity index is 493. The van der Waals surface area contributed by atoms with E-state index in [1.807, 2.05) is 0 Å². The van der Waals surface area contributed by atoms with Crippen LogP contribution in [0.5, 0.6) is 0 Å². The molecular formula is C11H10F3NO4. The van der Waals surface area contributed by atoms with Gasteiger partial charge < -0.3 is 4.74 Å². The summed E-state index contributed by atoms with van der Waals surface area (Å²) >= 11 is 0. The molecule has 0 aliphatic heterocycles. The first-order chi connectivity index (χ1) is 8.80. The predicted molar refractivity (Wildman–Crippen MR) is 58.5 cm³/mol. The fourth-order valence-corrected chi connectivity index (χ4v) is 1.34. The highest BCUT2D eigenvalue weighted by molar-refractivity contribution is 5.78. The van der Waals surface area contributed by atoms with Gasteiger partial charge in [-0.25, -0.2) is 9.18 Å². The maximum atomic E-state index is 13.7. The Hall–Kier alpha value is -2.12. The number of benzene rings is 1. The van der Waals surface area contributed by atoms with Gasteiger partial charge >= 0.3 is 11.9 Å². The van der Waals surface area contributed by atoms with Crippen LogP contribution in [0.25, 0.3) is 0 Å². The fourth-order valence-electron chi connectivity index (χ4n) is 1.34. The maximum absolute atomic E-state index is 13.7. The van der Waals surface area contributed by atoms with Gasteiger partial charge in [-0.3, -0.25) is 10.1 Å². The number of nitrogens with zero attached hydrogens (tertiary/aromatic N) is 1. The van der Waals surface area contributed by atoms with Crippen LogP contribution in [0.3, 0.4) is 0 Å². The van der Waals surface area contributed by atoms with E-state index in [9.17, 15) is 28.1 Å². The monoisotopic (exact) mass is 277 g/mol. The van der Waals surface area contributed by atoms with Crippen LogP contribution in [0.4, 0.5) is 18.9 Å². The molecule has 0 radical (unpaired) electrons. The second-order valence-electron chi connectivity index (χ2n) is 3.56. The first kappa shape index (κ1) is 14.9. The molecule has 0 N–H and O–H groups in total. The molecule has 0 amide bonds. The summed E-state index contributed by atoms with van der Waals surface area (Å²) in [5.74, 6) is -6.40. The molecule has 0 bridgehead atoms. The number of rotatable bonds is 5. The minimum Gasteiger partial charge on any atom is -0.461 e. The van der Waals surface area contributed by atoms with Gasteiger partial charge in [0.1, 0.15) is 0 Å². The third-order valence-electron chi connectivity index (χ3n) is 2.24. The molecule has 1 aromatic rings. The zero-order chi connectivity index (χ0) is 14.6. The molecule has 0 spiro atoms. The van der Waals surface area contributed by atoms with Crippen molar-refractivity contribution in [3.05, 3.63) is 39.9 Å². The number of nitro benzene ring substituents is 1. The number of hydrogen-bond donors (Lipinski definition) is 0. The van der Waals surface area contributed by atoms with Gasteiger partial charge in [0.25, 0.3) is 5.69 Å². The van der Waals surface area contributed by atoms with Crippen molar-refractivity contribution in [2.24, 2.45) is 0 Å². The number of carbonyl (C=O) groups excluding carboxylic acids is 1. The summed E-state index contributed by atoms with van der Waals surface area (Å²) in [6, 6.07) is 3.67. The van der Waals surface area contributed by atoms with Gasteiger partial charge in [-0.15, -0.1) is 0 Å². The summed E-state index contributed by atoms with van der Waals surface area (Å²) in [6.45, 7) is 0.977. The van der Waals surface area contributed by atoms with Crippen molar-refractivity contribution in [3.63, 3.8) is 0 Å². The van der Waals surface area contributed by atoms with Crippen LogP contribution in [0.2, 0.25) is 0 Å². The second kappa shape index (κ2) is 5.68. The second-order valence-corrected chi connectivity index (χ2v) is 3.56. The highest BCUT2D eigenvalue weighted by Crippen LogP contribution is 2.36. The number of nitro groups is 1. The van der Waals surface area contributed by atoms with Crippen LogP contribution >= 0.6 is 0 Å². The Kier molecular flexibility index (Phi) is 4.47. The van der Waals surface area contributed by atoms with E-state index in [1.54, 1.807) is 0 Å². The lowest BCUT2D eigenvalue weighted by molar-refractivity contribution is -0.385. The topological polar surface area (TPSA) is 69.4 Å². The number of ether oxygens (including phenoxy) is 1. The smallest absolute Gasteiger partial charge is 0.380 e. The van der Waals surface area contributed by atoms with E-state index >= 15 is 0 Å². The zero-order valence-corrected chi connectivity index (χ0v) is 9.81. The highest BCUT2D eigenvalue weighted by Gasteiger charge is 2.50. The van der Waals surface area contributed by atoms with Gasteiger partial charge in [0, 0.05) is 12.1 Å². The van der Waals surface area contributed by atoms with Crippen molar-refractivity contribution >= 4 is 11.7 Å². The normalized spacial score (nSPS) is 12.8. The molecule has 1 unspecified atom stereocenters. The van der Waals surface area contributed by atoms with Crippen molar-refractivity contribution in [1.29, 1.82) is 0 Å². The third kappa shape index (κ3) is 3.21. The summed E-state index contributed by atoms with van der Waals surface area (Å²) in [5.41, 5.74) is -1.20. The van der Waals surface area contributed by atoms with Crippen LogP contribution in [-0.2, 0) is 9.53 Å². The molecule has 0 saturated heterocycles. The van der Waals surface area contributed by atoms with Gasteiger partial charge in [-0.2, -0.15) is 8.78 Å². The van der Waals surface area contributed by atoms with Gasteiger partial charge in [0.2, 0.25) is 0 Å². The van der Waals surface area contributed by atoms with E-state index in [2.05, 4.69) is 4.74 Å². The predicted octanol–water partition coefficient (Wildman–Crippen LogP) is 2.80. The SMILES string of the molecule is CCOC(=O)C(F)(F)C(F)c1cccc([N+](=O)[O-])c1. The minimum absolute atomic E-state index is 0.323. The Morgan fingerprint density at radius 3 is 2.68 bits per heavy atom. The van der Waals surface area contributed by atoms with E-state index < -0.39 is 34.2 Å². The first-order valence-corrected chi connectivity index (χ1v) is 5.24. The van der Waals surface area contributed by atoms with Crippen LogP contribution < -0.4 is 0 Å². The molecule has 0 aromatic heterocycles. The van der Waals surface area contributed by atoms with Crippen molar-refractivity contribution in [2.45, 2.75) is 19.0 Å². The number of carbonyl (C=O) groups is 1. The van der Waals surface area contributed by atoms with Crippen molar-refractivity contribution < 1.29 is 27.6 Å². The van der Waals surface area contributed by atoms with E-state index in [0.29, 0.717) is 6.07 Å². The van der Waals surface area contributed by atoms with E-state index in [4.69, 9.17) is 0 Å². The molecule has 1 aromatic carbocycles. The quantitative estimate of drug-likeness (QED) is 0.471. The van der Waals surface area contributed by atoms with Crippen LogP contribution in [0.1, 0.15) is 18.7 Å². The average Bonchev–Trinajstić information content (AvgIpc) is 2.38. The van der Waals surface area contributed by atoms with E-state index in [1.165, 1.54) is 6.92 Å². The minimum atomic E-state index is -4.40. The lowest BCUT2D eigenvalue weighted by Gasteiger charge is -2.18. The van der Waals surface area contributed by atoms with Crippen LogP contribution in [-0.4, -0.2) is 23.4 Å². The third-order valence-corrected chi connectivity index (χ3v) is 2.24. The van der Waals surface area contributed by atoms with Crippen molar-refractivity contribution in [3.8, 4) is 0 Å². The zero-order valence-electron chi connectivity index (χ0n) is 9.81. The summed E-state index contributed by atoms with van der Waals surface area (Å²) < 4.78 is 44.5. The standard InChI is InChI=1S/C11H10F3NO4/c1-2-19-10(16)11(13,14)9(12)7-4-3-5-8(6-7)15(17)18/h3-6,9H,2H2,1H3. The summed E-state index contributed by atoms with van der Waals surface area (Å²) in [5, 5.41) is 10.5. The Morgan fingerprint density at radius 2 is 2.16 bits per heavy atom. The molecule has 19 heavy (non-hydrogen) atoms. The highest BCUT2D eigenvalue weighted by atomic mass is 19.3. The number of alkyl halides is 3. The van der Waals surface area contributed by atoms with Crippen LogP contribution in [0.15, 0.2) is 24.3 Å². The van der Waals surface area contributed by atoms with E-state index in [0.717, 1.165) is 18.2 Å². The molecule has 1 atom stereocenters. The van der Waals surface area contributed by atoms with Gasteiger partial charge in [-0.05, 0) is 12.5 Å². The lowest BCUT2D eigenvalue weighted by Crippen LogP contribution is -2.35. The molecule has 0 aliphatic carbocycles. The molecule has 1 rings (SSSR count). The number of esters is 1. The van der Waals surface area contributed by atoms with E-state index in [-0.39, 0.29) is 6.61 Å². The maximum Gasteiger partial charge on any atom is 0.380 e. The molecule has 0 aliphatic rings. The molecule has 0 fully saturated rings. The summed E-state index contributed by atoms with van der Waals surface area (Å²) in [4.78, 5) is 20.6. The summed E-state index contributed by atoms with van der Waals surface area (Å²) in [7, 11) is 0. The molecule has 104 valence electrons. The Balaban J connectivity index is 3.05. The molecule has 5 nitrogen and oxygen atoms in total. The largest absolute Gasteiger partial charge is 0.461 e.